The highest BCUT2D eigenvalue weighted by molar-refractivity contribution is 6.54. The Labute approximate surface area is 196 Å². The van der Waals surface area contributed by atoms with Crippen LogP contribution in [0.1, 0.15) is 35.1 Å². The van der Waals surface area contributed by atoms with Crippen LogP contribution in [0.2, 0.25) is 0 Å². The maximum atomic E-state index is 13.5. The molecule has 0 aliphatic carbocycles. The second-order valence-corrected chi connectivity index (χ2v) is 9.37. The predicted molar refractivity (Wildman–Crippen MR) is 135 cm³/mol. The molecule has 0 aromatic heterocycles. The molecule has 1 amide bonds. The highest BCUT2D eigenvalue weighted by Gasteiger charge is 2.35. The van der Waals surface area contributed by atoms with E-state index in [-0.39, 0.29) is 5.91 Å². The first kappa shape index (κ1) is 21.6. The molecule has 2 aliphatic heterocycles. The van der Waals surface area contributed by atoms with E-state index in [1.54, 1.807) is 0 Å². The molecule has 0 unspecified atom stereocenters. The van der Waals surface area contributed by atoms with Crippen molar-refractivity contribution in [3.63, 3.8) is 0 Å². The number of amides is 1. The molecule has 0 N–H and O–H groups in total. The minimum Gasteiger partial charge on any atom is -0.293 e. The van der Waals surface area contributed by atoms with Crippen LogP contribution < -0.4 is 4.90 Å². The fourth-order valence-electron chi connectivity index (χ4n) is 4.91. The van der Waals surface area contributed by atoms with Crippen molar-refractivity contribution in [1.29, 1.82) is 0 Å². The normalized spacial score (nSPS) is 18.2. The molecule has 0 spiro atoms. The van der Waals surface area contributed by atoms with Crippen LogP contribution >= 0.6 is 0 Å². The van der Waals surface area contributed by atoms with Crippen LogP contribution in [0, 0.1) is 19.8 Å². The van der Waals surface area contributed by atoms with Crippen molar-refractivity contribution in [3.05, 3.63) is 95.1 Å². The summed E-state index contributed by atoms with van der Waals surface area (Å²) < 4.78 is 0. The van der Waals surface area contributed by atoms with Crippen LogP contribution in [0.15, 0.2) is 77.8 Å². The molecule has 0 bridgehead atoms. The number of para-hydroxylation sites is 1. The van der Waals surface area contributed by atoms with E-state index < -0.39 is 0 Å². The smallest absolute Gasteiger partial charge is 0.278 e. The van der Waals surface area contributed by atoms with Crippen LogP contribution in [0.3, 0.4) is 0 Å². The van der Waals surface area contributed by atoms with Crippen LogP contribution in [0.5, 0.6) is 0 Å². The molecule has 2 aliphatic rings. The van der Waals surface area contributed by atoms with E-state index in [2.05, 4.69) is 61.2 Å². The second kappa shape index (κ2) is 9.32. The molecular formula is C29H31N3O. The van der Waals surface area contributed by atoms with Gasteiger partial charge in [0.05, 0.1) is 18.0 Å². The largest absolute Gasteiger partial charge is 0.293 e. The number of aryl methyl sites for hydroxylation is 2. The van der Waals surface area contributed by atoms with Crippen molar-refractivity contribution in [3.8, 4) is 0 Å². The van der Waals surface area contributed by atoms with Gasteiger partial charge in [-0.15, -0.1) is 0 Å². The van der Waals surface area contributed by atoms with Gasteiger partial charge in [0.1, 0.15) is 5.71 Å². The monoisotopic (exact) mass is 437 g/mol. The fourth-order valence-corrected chi connectivity index (χ4v) is 4.91. The average molecular weight is 438 g/mol. The summed E-state index contributed by atoms with van der Waals surface area (Å²) in [5.41, 5.74) is 7.12. The van der Waals surface area contributed by atoms with E-state index in [0.29, 0.717) is 18.3 Å². The SMILES string of the molecule is Cc1ccc(N=C2C(=O)N(CN3CCC(Cc4ccccc4)CC3)c3ccccc32)cc1C. The number of carbonyl (C=O) groups excluding carboxylic acids is 1. The maximum Gasteiger partial charge on any atom is 0.278 e. The minimum atomic E-state index is 0.000775. The molecule has 3 aromatic rings. The van der Waals surface area contributed by atoms with Gasteiger partial charge in [-0.1, -0.05) is 54.6 Å². The van der Waals surface area contributed by atoms with Gasteiger partial charge in [0.15, 0.2) is 0 Å². The third kappa shape index (κ3) is 4.62. The first-order chi connectivity index (χ1) is 16.1. The van der Waals surface area contributed by atoms with Gasteiger partial charge < -0.3 is 0 Å². The first-order valence-corrected chi connectivity index (χ1v) is 11.9. The maximum absolute atomic E-state index is 13.5. The summed E-state index contributed by atoms with van der Waals surface area (Å²) in [7, 11) is 0. The van der Waals surface area contributed by atoms with Crippen LogP contribution in [0.4, 0.5) is 11.4 Å². The van der Waals surface area contributed by atoms with Gasteiger partial charge in [-0.3, -0.25) is 14.6 Å². The van der Waals surface area contributed by atoms with Crippen molar-refractivity contribution >= 4 is 23.0 Å². The van der Waals surface area contributed by atoms with E-state index in [4.69, 9.17) is 4.99 Å². The number of anilines is 1. The zero-order valence-corrected chi connectivity index (χ0v) is 19.5. The van der Waals surface area contributed by atoms with Gasteiger partial charge in [0.2, 0.25) is 0 Å². The summed E-state index contributed by atoms with van der Waals surface area (Å²) in [5.74, 6) is 0.716. The summed E-state index contributed by atoms with van der Waals surface area (Å²) in [6, 6.07) is 24.9. The van der Waals surface area contributed by atoms with Gasteiger partial charge in [-0.05, 0) is 73.9 Å². The lowest BCUT2D eigenvalue weighted by atomic mass is 9.90. The van der Waals surface area contributed by atoms with E-state index in [9.17, 15) is 4.79 Å². The number of piperidine rings is 1. The first-order valence-electron chi connectivity index (χ1n) is 11.9. The van der Waals surface area contributed by atoms with Crippen LogP contribution in [-0.4, -0.2) is 36.3 Å². The summed E-state index contributed by atoms with van der Waals surface area (Å²) >= 11 is 0. The van der Waals surface area contributed by atoms with E-state index >= 15 is 0 Å². The van der Waals surface area contributed by atoms with Crippen molar-refractivity contribution < 1.29 is 4.79 Å². The number of likely N-dealkylation sites (tertiary alicyclic amines) is 1. The molecule has 0 saturated carbocycles. The summed E-state index contributed by atoms with van der Waals surface area (Å²) in [6.45, 7) is 6.84. The van der Waals surface area contributed by atoms with Gasteiger partial charge in [0.25, 0.3) is 5.91 Å². The lowest BCUT2D eigenvalue weighted by Crippen LogP contribution is -2.44. The summed E-state index contributed by atoms with van der Waals surface area (Å²) in [6.07, 6.45) is 3.48. The minimum absolute atomic E-state index is 0.000775. The van der Waals surface area contributed by atoms with Crippen molar-refractivity contribution in [2.24, 2.45) is 10.9 Å². The van der Waals surface area contributed by atoms with E-state index in [1.807, 2.05) is 35.2 Å². The van der Waals surface area contributed by atoms with Crippen molar-refractivity contribution in [1.82, 2.24) is 4.90 Å². The molecule has 2 heterocycles. The molecule has 0 atom stereocenters. The number of hydrogen-bond acceptors (Lipinski definition) is 3. The number of carbonyl (C=O) groups is 1. The van der Waals surface area contributed by atoms with E-state index in [1.165, 1.54) is 29.5 Å². The lowest BCUT2D eigenvalue weighted by Gasteiger charge is -2.34. The molecule has 33 heavy (non-hydrogen) atoms. The van der Waals surface area contributed by atoms with Gasteiger partial charge in [0, 0.05) is 18.7 Å². The predicted octanol–water partition coefficient (Wildman–Crippen LogP) is 5.68. The number of hydrogen-bond donors (Lipinski definition) is 0. The molecular weight excluding hydrogens is 406 g/mol. The Morgan fingerprint density at radius 3 is 2.36 bits per heavy atom. The highest BCUT2D eigenvalue weighted by Crippen LogP contribution is 2.32. The molecule has 168 valence electrons. The molecule has 1 fully saturated rings. The Morgan fingerprint density at radius 2 is 1.61 bits per heavy atom. The number of fused-ring (bicyclic) bond motifs is 1. The number of benzene rings is 3. The standard InChI is InChI=1S/C29H31N3O/c1-21-12-13-25(18-22(21)2)30-28-26-10-6-7-11-27(26)32(29(28)33)20-31-16-14-24(15-17-31)19-23-8-4-3-5-9-23/h3-13,18,24H,14-17,19-20H2,1-2H3. The zero-order chi connectivity index (χ0) is 22.8. The quantitative estimate of drug-likeness (QED) is 0.515. The van der Waals surface area contributed by atoms with Gasteiger partial charge in [-0.25, -0.2) is 4.99 Å². The van der Waals surface area contributed by atoms with Gasteiger partial charge in [-0.2, -0.15) is 0 Å². The molecule has 4 heteroatoms. The topological polar surface area (TPSA) is 35.9 Å². The van der Waals surface area contributed by atoms with Crippen molar-refractivity contribution in [2.45, 2.75) is 33.1 Å². The average Bonchev–Trinajstić information content (AvgIpc) is 3.09. The van der Waals surface area contributed by atoms with Crippen molar-refractivity contribution in [2.75, 3.05) is 24.7 Å². The third-order valence-electron chi connectivity index (χ3n) is 7.04. The lowest BCUT2D eigenvalue weighted by molar-refractivity contribution is -0.112. The molecule has 4 nitrogen and oxygen atoms in total. The Morgan fingerprint density at radius 1 is 0.879 bits per heavy atom. The number of nitrogens with zero attached hydrogens (tertiary/aromatic N) is 3. The Kier molecular flexibility index (Phi) is 6.10. The Balaban J connectivity index is 1.30. The Bertz CT molecular complexity index is 1180. The molecule has 0 radical (unpaired) electrons. The number of rotatable bonds is 5. The zero-order valence-electron chi connectivity index (χ0n) is 19.5. The van der Waals surface area contributed by atoms with E-state index in [0.717, 1.165) is 36.4 Å². The van der Waals surface area contributed by atoms with Crippen LogP contribution in [-0.2, 0) is 11.2 Å². The molecule has 1 saturated heterocycles. The summed E-state index contributed by atoms with van der Waals surface area (Å²) in [4.78, 5) is 22.6. The highest BCUT2D eigenvalue weighted by atomic mass is 16.2. The Hall–Kier alpha value is -3.24. The fraction of sp³-hybridized carbons (Fsp3) is 0.310. The molecule has 3 aromatic carbocycles. The summed E-state index contributed by atoms with van der Waals surface area (Å²) in [5, 5.41) is 0. The number of aliphatic imine (C=N–C) groups is 1. The second-order valence-electron chi connectivity index (χ2n) is 9.37. The molecule has 5 rings (SSSR count). The van der Waals surface area contributed by atoms with Gasteiger partial charge >= 0.3 is 0 Å². The third-order valence-corrected chi connectivity index (χ3v) is 7.04. The van der Waals surface area contributed by atoms with Crippen LogP contribution in [0.25, 0.3) is 0 Å².